The summed E-state index contributed by atoms with van der Waals surface area (Å²) < 4.78 is 69.3. The number of anilines is 1. The number of carbonyl (C=O) groups is 1. The van der Waals surface area contributed by atoms with Crippen LogP contribution in [-0.2, 0) is 24.8 Å². The Morgan fingerprint density at radius 2 is 1.83 bits per heavy atom. The van der Waals surface area contributed by atoms with E-state index >= 15 is 0 Å². The van der Waals surface area contributed by atoms with Crippen LogP contribution in [0.5, 0.6) is 5.75 Å². The molecule has 4 rings (SSSR count). The minimum atomic E-state index is -4.01. The number of nitrogens with zero attached hydrogens (tertiary/aromatic N) is 2. The minimum absolute atomic E-state index is 0.000335. The summed E-state index contributed by atoms with van der Waals surface area (Å²) in [5.41, 5.74) is 0.267. The first kappa shape index (κ1) is 37.1. The lowest BCUT2D eigenvalue weighted by Gasteiger charge is -2.35. The van der Waals surface area contributed by atoms with Crippen LogP contribution in [0.2, 0.25) is 5.02 Å². The topological polar surface area (TPSA) is 143 Å². The van der Waals surface area contributed by atoms with Crippen LogP contribution in [0, 0.1) is 5.92 Å². The molecule has 2 heterocycles. The molecule has 0 unspecified atom stereocenters. The molecule has 0 saturated heterocycles. The smallest absolute Gasteiger partial charge is 0.261 e. The number of nitrogens with one attached hydrogen (secondary N) is 1. The third-order valence-electron chi connectivity index (χ3n) is 8.02. The predicted octanol–water partition coefficient (Wildman–Crippen LogP) is 5.32. The van der Waals surface area contributed by atoms with E-state index in [2.05, 4.69) is 4.72 Å². The molecule has 1 aliphatic rings. The summed E-state index contributed by atoms with van der Waals surface area (Å²) in [6.45, 7) is 5.70. The lowest BCUT2D eigenvalue weighted by atomic mass is 10.0. The van der Waals surface area contributed by atoms with Gasteiger partial charge in [0.1, 0.15) is 9.96 Å². The zero-order valence-electron chi connectivity index (χ0n) is 26.8. The lowest BCUT2D eigenvalue weighted by molar-refractivity contribution is -0.00832. The number of aliphatic hydroxyl groups is 1. The van der Waals surface area contributed by atoms with Gasteiger partial charge in [-0.05, 0) is 87.0 Å². The van der Waals surface area contributed by atoms with Crippen molar-refractivity contribution >= 4 is 54.6 Å². The van der Waals surface area contributed by atoms with E-state index in [4.69, 9.17) is 21.1 Å². The number of sulfonamides is 2. The van der Waals surface area contributed by atoms with Crippen molar-refractivity contribution in [2.45, 2.75) is 67.4 Å². The molecule has 1 aliphatic heterocycles. The summed E-state index contributed by atoms with van der Waals surface area (Å²) in [6, 6.07) is 12.8. The molecule has 4 atom stereocenters. The number of likely N-dealkylation sites (N-methyl/N-ethyl adjacent to an activating group) is 1. The van der Waals surface area contributed by atoms with Crippen LogP contribution in [0.25, 0.3) is 0 Å². The SMILES string of the molecule is C[C@@H]1CCCCO[C@H](CN(C)S(=O)(=O)c2cccs2)[C@@H](C)CN([C@@H](C)CO)C(=O)c2cc(NS(=O)(=O)c3ccc(Cl)cc3)ccc2O1. The molecule has 0 bridgehead atoms. The van der Waals surface area contributed by atoms with E-state index in [0.29, 0.717) is 24.5 Å². The molecule has 47 heavy (non-hydrogen) atoms. The molecular weight excluding hydrogens is 686 g/mol. The molecular formula is C32H42ClN3O8S3. The van der Waals surface area contributed by atoms with E-state index in [9.17, 15) is 26.7 Å². The van der Waals surface area contributed by atoms with Gasteiger partial charge in [0.25, 0.3) is 26.0 Å². The number of ether oxygens (including phenoxy) is 2. The number of aliphatic hydroxyl groups excluding tert-OH is 1. The van der Waals surface area contributed by atoms with Gasteiger partial charge in [-0.3, -0.25) is 9.52 Å². The highest BCUT2D eigenvalue weighted by Crippen LogP contribution is 2.30. The number of carbonyl (C=O) groups excluding carboxylic acids is 1. The maximum Gasteiger partial charge on any atom is 0.261 e. The van der Waals surface area contributed by atoms with E-state index < -0.39 is 38.1 Å². The van der Waals surface area contributed by atoms with E-state index in [1.807, 2.05) is 13.8 Å². The summed E-state index contributed by atoms with van der Waals surface area (Å²) in [7, 11) is -6.24. The predicted molar refractivity (Wildman–Crippen MR) is 183 cm³/mol. The summed E-state index contributed by atoms with van der Waals surface area (Å²) in [6.07, 6.45) is 1.30. The summed E-state index contributed by atoms with van der Waals surface area (Å²) in [4.78, 5) is 15.8. The molecule has 0 radical (unpaired) electrons. The van der Waals surface area contributed by atoms with E-state index in [1.54, 1.807) is 30.5 Å². The quantitative estimate of drug-likeness (QED) is 0.302. The molecule has 258 valence electrons. The van der Waals surface area contributed by atoms with Gasteiger partial charge in [0.05, 0.1) is 35.3 Å². The van der Waals surface area contributed by atoms with Crippen molar-refractivity contribution in [1.29, 1.82) is 0 Å². The standard InChI is InChI=1S/C32H42ClN3O8S3/c1-22-19-36(23(2)21-37)32(38)28-18-26(34-46(39,40)27-13-10-25(33)11-14-27)12-15-29(28)44-24(3)8-5-6-16-43-30(22)20-35(4)47(41,42)31-9-7-17-45-31/h7,9-15,17-18,22-24,30,34,37H,5-6,8,16,19-21H2,1-4H3/t22-,23-,24+,30+/m0/s1. The average Bonchev–Trinajstić information content (AvgIpc) is 3.59. The lowest BCUT2D eigenvalue weighted by Crippen LogP contribution is -2.48. The van der Waals surface area contributed by atoms with Crippen molar-refractivity contribution in [2.24, 2.45) is 5.92 Å². The summed E-state index contributed by atoms with van der Waals surface area (Å²) in [5.74, 6) is -0.554. The first-order valence-electron chi connectivity index (χ1n) is 15.3. The highest BCUT2D eigenvalue weighted by atomic mass is 35.5. The van der Waals surface area contributed by atoms with E-state index in [-0.39, 0.29) is 57.8 Å². The van der Waals surface area contributed by atoms with Gasteiger partial charge in [-0.2, -0.15) is 4.31 Å². The zero-order valence-corrected chi connectivity index (χ0v) is 30.0. The Hall–Kier alpha value is -2.72. The first-order chi connectivity index (χ1) is 22.2. The van der Waals surface area contributed by atoms with Crippen molar-refractivity contribution in [2.75, 3.05) is 38.1 Å². The van der Waals surface area contributed by atoms with Crippen molar-refractivity contribution in [3.05, 3.63) is 70.6 Å². The molecule has 11 nitrogen and oxygen atoms in total. The van der Waals surface area contributed by atoms with Crippen LogP contribution in [0.3, 0.4) is 0 Å². The van der Waals surface area contributed by atoms with Crippen LogP contribution in [-0.4, -0.2) is 88.7 Å². The second-order valence-electron chi connectivity index (χ2n) is 11.8. The largest absolute Gasteiger partial charge is 0.490 e. The molecule has 1 aromatic heterocycles. The number of benzene rings is 2. The number of amides is 1. The summed E-state index contributed by atoms with van der Waals surface area (Å²) in [5, 5.41) is 12.3. The van der Waals surface area contributed by atoms with Gasteiger partial charge in [-0.1, -0.05) is 24.6 Å². The number of fused-ring (bicyclic) bond motifs is 1. The number of halogens is 1. The Morgan fingerprint density at radius 1 is 1.11 bits per heavy atom. The van der Waals surface area contributed by atoms with Crippen LogP contribution in [0.4, 0.5) is 5.69 Å². The molecule has 2 aromatic carbocycles. The van der Waals surface area contributed by atoms with Gasteiger partial charge in [0.15, 0.2) is 0 Å². The van der Waals surface area contributed by atoms with Gasteiger partial charge < -0.3 is 19.5 Å². The average molecular weight is 728 g/mol. The summed E-state index contributed by atoms with van der Waals surface area (Å²) >= 11 is 7.07. The van der Waals surface area contributed by atoms with Crippen LogP contribution < -0.4 is 9.46 Å². The molecule has 1 amide bonds. The highest BCUT2D eigenvalue weighted by Gasteiger charge is 2.33. The first-order valence-corrected chi connectivity index (χ1v) is 19.5. The fourth-order valence-electron chi connectivity index (χ4n) is 5.19. The fourth-order valence-corrected chi connectivity index (χ4v) is 8.75. The Labute approximate surface area is 286 Å². The second-order valence-corrected chi connectivity index (χ2v) is 17.1. The van der Waals surface area contributed by atoms with Gasteiger partial charge in [0, 0.05) is 43.4 Å². The molecule has 0 aliphatic carbocycles. The second kappa shape index (κ2) is 16.1. The van der Waals surface area contributed by atoms with Crippen LogP contribution >= 0.6 is 22.9 Å². The van der Waals surface area contributed by atoms with Crippen molar-refractivity contribution in [3.8, 4) is 5.75 Å². The Balaban J connectivity index is 1.68. The van der Waals surface area contributed by atoms with Crippen molar-refractivity contribution < 1.29 is 36.2 Å². The molecule has 15 heteroatoms. The molecule has 0 fully saturated rings. The zero-order chi connectivity index (χ0) is 34.4. The highest BCUT2D eigenvalue weighted by molar-refractivity contribution is 7.92. The number of rotatable bonds is 9. The van der Waals surface area contributed by atoms with Gasteiger partial charge >= 0.3 is 0 Å². The monoisotopic (exact) mass is 727 g/mol. The Kier molecular flexibility index (Phi) is 12.7. The van der Waals surface area contributed by atoms with Crippen LogP contribution in [0.1, 0.15) is 50.4 Å². The number of thiophene rings is 1. The van der Waals surface area contributed by atoms with Gasteiger partial charge in [0.2, 0.25) is 0 Å². The maximum absolute atomic E-state index is 14.3. The minimum Gasteiger partial charge on any atom is -0.490 e. The molecule has 0 saturated carbocycles. The molecule has 2 N–H and O–H groups in total. The van der Waals surface area contributed by atoms with Crippen molar-refractivity contribution in [3.63, 3.8) is 0 Å². The number of hydrogen-bond acceptors (Lipinski definition) is 9. The van der Waals surface area contributed by atoms with Crippen LogP contribution in [0.15, 0.2) is 69.1 Å². The maximum atomic E-state index is 14.3. The van der Waals surface area contributed by atoms with Gasteiger partial charge in [-0.15, -0.1) is 11.3 Å². The third kappa shape index (κ3) is 9.46. The third-order valence-corrected chi connectivity index (χ3v) is 12.9. The fraction of sp³-hybridized carbons (Fsp3) is 0.469. The van der Waals surface area contributed by atoms with E-state index in [0.717, 1.165) is 17.8 Å². The normalized spacial score (nSPS) is 21.0. The van der Waals surface area contributed by atoms with E-state index in [1.165, 1.54) is 52.7 Å². The van der Waals surface area contributed by atoms with Gasteiger partial charge in [-0.25, -0.2) is 16.8 Å². The van der Waals surface area contributed by atoms with Crippen molar-refractivity contribution in [1.82, 2.24) is 9.21 Å². The Bertz CT molecular complexity index is 1700. The molecule has 3 aromatic rings. The number of hydrogen-bond donors (Lipinski definition) is 2. The Morgan fingerprint density at radius 3 is 2.49 bits per heavy atom. The molecule has 0 spiro atoms.